The lowest BCUT2D eigenvalue weighted by atomic mass is 10.1. The van der Waals surface area contributed by atoms with E-state index >= 15 is 0 Å². The minimum absolute atomic E-state index is 0.156. The number of halogens is 1. The fraction of sp³-hybridized carbons (Fsp3) is 1.00. The second-order valence-electron chi connectivity index (χ2n) is 2.67. The maximum atomic E-state index is 10.2. The lowest BCUT2D eigenvalue weighted by Crippen LogP contribution is -3.41. The fourth-order valence-electron chi connectivity index (χ4n) is 0.967. The number of methoxy groups -OCH3 is 1. The summed E-state index contributed by atoms with van der Waals surface area (Å²) in [5.74, 6) is 0.377. The van der Waals surface area contributed by atoms with Crippen LogP contribution in [0.3, 0.4) is 0 Å². The Bertz CT molecular complexity index is 135. The Kier molecular flexibility index (Phi) is 6.64. The Morgan fingerprint density at radius 3 is 2.58 bits per heavy atom. The molecule has 0 aromatic carbocycles. The van der Waals surface area contributed by atoms with Crippen molar-refractivity contribution in [3.63, 3.8) is 0 Å². The van der Waals surface area contributed by atoms with Crippen LogP contribution in [0.25, 0.3) is 0 Å². The molecular formula is C7H16IN2O2+. The second kappa shape index (κ2) is 6.59. The van der Waals surface area contributed by atoms with Crippen LogP contribution in [0.15, 0.2) is 5.29 Å². The van der Waals surface area contributed by atoms with E-state index in [0.717, 1.165) is 6.42 Å². The molecule has 0 aliphatic heterocycles. The van der Waals surface area contributed by atoms with Gasteiger partial charge in [0.2, 0.25) is 4.05 Å². The minimum Gasteiger partial charge on any atom is -0.384 e. The highest BCUT2D eigenvalue weighted by atomic mass is 127. The highest BCUT2D eigenvalue weighted by molar-refractivity contribution is 4.63. The summed E-state index contributed by atoms with van der Waals surface area (Å²) < 4.78 is 5.20. The lowest BCUT2D eigenvalue weighted by molar-refractivity contribution is -0.471. The van der Waals surface area contributed by atoms with Gasteiger partial charge >= 0.3 is 0 Å². The number of alkyl halides is 1. The standard InChI is InChI=1S/C7H16IN2O2/c1-4-6(5-12-3)7(8)10(2)9-11/h6-8H,4-5H2,1-3H3/q+1/t6-,7?/m1/s1. The molecule has 0 amide bonds. The minimum atomic E-state index is 0.156. The van der Waals surface area contributed by atoms with Crippen LogP contribution < -0.4 is 22.6 Å². The monoisotopic (exact) mass is 287 g/mol. The van der Waals surface area contributed by atoms with Gasteiger partial charge in [-0.25, -0.2) is 5.01 Å². The molecule has 0 aliphatic carbocycles. The molecule has 4 nitrogen and oxygen atoms in total. The maximum absolute atomic E-state index is 10.2. The molecule has 0 saturated carbocycles. The van der Waals surface area contributed by atoms with Crippen LogP contribution in [0.2, 0.25) is 0 Å². The van der Waals surface area contributed by atoms with Gasteiger partial charge in [0.25, 0.3) is 22.6 Å². The fourth-order valence-corrected chi connectivity index (χ4v) is 1.85. The van der Waals surface area contributed by atoms with E-state index in [1.807, 2.05) is 22.6 Å². The molecule has 0 aliphatic rings. The molecule has 0 rings (SSSR count). The van der Waals surface area contributed by atoms with Crippen molar-refractivity contribution in [2.75, 3.05) is 20.8 Å². The van der Waals surface area contributed by atoms with Crippen molar-refractivity contribution in [2.24, 2.45) is 11.2 Å². The van der Waals surface area contributed by atoms with E-state index in [4.69, 9.17) is 4.74 Å². The van der Waals surface area contributed by atoms with Crippen molar-refractivity contribution < 1.29 is 27.3 Å². The van der Waals surface area contributed by atoms with Crippen molar-refractivity contribution in [3.8, 4) is 0 Å². The molecule has 0 spiro atoms. The zero-order chi connectivity index (χ0) is 9.56. The Morgan fingerprint density at radius 1 is 1.67 bits per heavy atom. The summed E-state index contributed by atoms with van der Waals surface area (Å²) in [5.41, 5.74) is 0. The number of hydrogen-bond donors (Lipinski definition) is 0. The topological polar surface area (TPSA) is 41.9 Å². The molecule has 12 heavy (non-hydrogen) atoms. The molecule has 0 bridgehead atoms. The molecule has 1 unspecified atom stereocenters. The molecular weight excluding hydrogens is 271 g/mol. The Balaban J connectivity index is 4.00. The summed E-state index contributed by atoms with van der Waals surface area (Å²) in [7, 11) is 3.36. The zero-order valence-corrected chi connectivity index (χ0v) is 10.0. The summed E-state index contributed by atoms with van der Waals surface area (Å²) >= 11 is 1.91. The van der Waals surface area contributed by atoms with Crippen LogP contribution >= 0.6 is 0 Å². The molecule has 0 N–H and O–H groups in total. The summed E-state index contributed by atoms with van der Waals surface area (Å²) in [4.78, 5) is 10.2. The Morgan fingerprint density at radius 2 is 2.25 bits per heavy atom. The summed E-state index contributed by atoms with van der Waals surface area (Å²) in [6, 6.07) is 0. The molecule has 0 radical (unpaired) electrons. The van der Waals surface area contributed by atoms with Gasteiger partial charge in [-0.05, 0) is 6.42 Å². The quantitative estimate of drug-likeness (QED) is 0.184. The van der Waals surface area contributed by atoms with Gasteiger partial charge in [0.15, 0.2) is 0 Å². The van der Waals surface area contributed by atoms with Gasteiger partial charge in [-0.1, -0.05) is 6.92 Å². The molecule has 72 valence electrons. The Labute approximate surface area is 86.7 Å². The van der Waals surface area contributed by atoms with E-state index in [1.165, 1.54) is 5.01 Å². The van der Waals surface area contributed by atoms with Crippen LogP contribution in [0.5, 0.6) is 0 Å². The summed E-state index contributed by atoms with van der Waals surface area (Å²) in [5, 5.41) is 4.31. The Hall–Kier alpha value is 0.0900. The average Bonchev–Trinajstić information content (AvgIpc) is 2.11. The second-order valence-corrected chi connectivity index (χ2v) is 4.05. The first-order valence-electron chi connectivity index (χ1n) is 3.88. The first kappa shape index (κ1) is 12.1. The predicted octanol–water partition coefficient (Wildman–Crippen LogP) is -2.12. The van der Waals surface area contributed by atoms with Crippen LogP contribution in [0, 0.1) is 10.8 Å². The van der Waals surface area contributed by atoms with Gasteiger partial charge in [-0.2, -0.15) is 0 Å². The van der Waals surface area contributed by atoms with E-state index in [1.54, 1.807) is 14.2 Å². The normalized spacial score (nSPS) is 15.3. The van der Waals surface area contributed by atoms with Gasteiger partial charge < -0.3 is 4.74 Å². The number of rotatable bonds is 6. The zero-order valence-electron chi connectivity index (χ0n) is 7.69. The van der Waals surface area contributed by atoms with Crippen LogP contribution in [0.4, 0.5) is 0 Å². The number of nitroso groups, excluding NO2 is 1. The van der Waals surface area contributed by atoms with Gasteiger partial charge in [0.1, 0.15) is 0 Å². The highest BCUT2D eigenvalue weighted by Crippen LogP contribution is 2.07. The largest absolute Gasteiger partial charge is 0.384 e. The molecule has 0 heterocycles. The molecule has 5 heteroatoms. The SMILES string of the molecule is CC[C@H](COC)C([IH+])N(C)N=O. The van der Waals surface area contributed by atoms with Crippen LogP contribution in [-0.4, -0.2) is 29.8 Å². The third-order valence-corrected chi connectivity index (χ3v) is 3.77. The van der Waals surface area contributed by atoms with Crippen molar-refractivity contribution in [2.45, 2.75) is 17.4 Å². The third-order valence-electron chi connectivity index (χ3n) is 1.81. The third kappa shape index (κ3) is 3.66. The molecule has 0 saturated heterocycles. The van der Waals surface area contributed by atoms with Crippen LogP contribution in [-0.2, 0) is 4.74 Å². The van der Waals surface area contributed by atoms with E-state index in [0.29, 0.717) is 12.5 Å². The van der Waals surface area contributed by atoms with Gasteiger partial charge in [0.05, 0.1) is 11.9 Å². The molecule has 0 fully saturated rings. The predicted molar refractivity (Wildman–Crippen MR) is 44.4 cm³/mol. The molecule has 2 atom stereocenters. The van der Waals surface area contributed by atoms with Gasteiger partial charge in [-0.15, -0.1) is 4.91 Å². The van der Waals surface area contributed by atoms with Gasteiger partial charge in [0, 0.05) is 20.1 Å². The van der Waals surface area contributed by atoms with E-state index < -0.39 is 0 Å². The van der Waals surface area contributed by atoms with E-state index in [9.17, 15) is 4.91 Å². The molecule has 0 aromatic heterocycles. The number of ether oxygens (including phenoxy) is 1. The summed E-state index contributed by atoms with van der Waals surface area (Å²) in [6.45, 7) is 2.76. The molecule has 0 aromatic rings. The van der Waals surface area contributed by atoms with Crippen molar-refractivity contribution in [1.82, 2.24) is 5.01 Å². The van der Waals surface area contributed by atoms with Gasteiger partial charge in [-0.3, -0.25) is 0 Å². The first-order valence-corrected chi connectivity index (χ1v) is 5.22. The lowest BCUT2D eigenvalue weighted by Gasteiger charge is -2.18. The van der Waals surface area contributed by atoms with Crippen molar-refractivity contribution in [1.29, 1.82) is 0 Å². The average molecular weight is 287 g/mol. The first-order chi connectivity index (χ1) is 5.67. The number of nitrogens with zero attached hydrogens (tertiary/aromatic N) is 2. The smallest absolute Gasteiger partial charge is 0.281 e. The van der Waals surface area contributed by atoms with Crippen LogP contribution in [0.1, 0.15) is 13.3 Å². The van der Waals surface area contributed by atoms with Crippen molar-refractivity contribution >= 4 is 0 Å². The maximum Gasteiger partial charge on any atom is 0.281 e. The summed E-state index contributed by atoms with van der Waals surface area (Å²) in [6.07, 6.45) is 0.997. The van der Waals surface area contributed by atoms with E-state index in [2.05, 4.69) is 12.2 Å². The highest BCUT2D eigenvalue weighted by Gasteiger charge is 2.28. The van der Waals surface area contributed by atoms with Crippen molar-refractivity contribution in [3.05, 3.63) is 4.91 Å². The van der Waals surface area contributed by atoms with E-state index in [-0.39, 0.29) is 4.05 Å². The number of hydrogen-bond acceptors (Lipinski definition) is 3.